The second-order valence-electron chi connectivity index (χ2n) is 7.19. The number of aromatic nitrogens is 1. The van der Waals surface area contributed by atoms with Crippen LogP contribution in [0.1, 0.15) is 38.6 Å². The second kappa shape index (κ2) is 10.7. The van der Waals surface area contributed by atoms with Crippen LogP contribution in [-0.4, -0.2) is 42.9 Å². The molecule has 0 aliphatic heterocycles. The van der Waals surface area contributed by atoms with E-state index in [-0.39, 0.29) is 10.9 Å². The lowest BCUT2D eigenvalue weighted by Gasteiger charge is -2.15. The van der Waals surface area contributed by atoms with E-state index in [4.69, 9.17) is 19.8 Å². The lowest BCUT2D eigenvalue weighted by Crippen LogP contribution is -2.11. The standard InChI is InChI=1S/C26H27FN4O2/c1-5-33-25-14-24-22(13-18(25)12-21(32)7-6-10-31(3)4)26(19(15-28)16-29-24)30-20-8-9-23(27)17(2)11-20/h6-9,11,13-14,16H,5,10,12H2,1-4H3,(H,29,30)/b7-6+/i1D3,5D2,8D,9D,11D,13D,14D,16D. The number of nitriles is 1. The minimum absolute atomic E-state index is 0.304. The molecule has 0 atom stereocenters. The highest BCUT2D eigenvalue weighted by atomic mass is 19.1. The summed E-state index contributed by atoms with van der Waals surface area (Å²) < 4.78 is 109. The fourth-order valence-corrected chi connectivity index (χ4v) is 2.84. The molecule has 1 N–H and O–H groups in total. The summed E-state index contributed by atoms with van der Waals surface area (Å²) in [5.41, 5.74) is -2.66. The van der Waals surface area contributed by atoms with Crippen molar-refractivity contribution in [3.8, 4) is 11.8 Å². The molecule has 0 aliphatic carbocycles. The Morgan fingerprint density at radius 3 is 2.97 bits per heavy atom. The van der Waals surface area contributed by atoms with Crippen molar-refractivity contribution in [1.82, 2.24) is 9.88 Å². The van der Waals surface area contributed by atoms with E-state index in [0.717, 1.165) is 0 Å². The third kappa shape index (κ3) is 5.93. The number of anilines is 2. The van der Waals surface area contributed by atoms with Crippen molar-refractivity contribution in [2.45, 2.75) is 20.2 Å². The van der Waals surface area contributed by atoms with Gasteiger partial charge in [-0.2, -0.15) is 5.26 Å². The number of likely N-dealkylation sites (N-methyl/N-ethyl adjacent to an activating group) is 1. The molecule has 0 radical (unpaired) electrons. The van der Waals surface area contributed by atoms with Gasteiger partial charge in [-0.15, -0.1) is 0 Å². The first-order valence-corrected chi connectivity index (χ1v) is 9.67. The molecule has 3 aromatic rings. The van der Waals surface area contributed by atoms with Gasteiger partial charge in [0.05, 0.1) is 34.3 Å². The van der Waals surface area contributed by atoms with Gasteiger partial charge in [0.2, 0.25) is 0 Å². The van der Waals surface area contributed by atoms with Crippen LogP contribution in [0.3, 0.4) is 0 Å². The lowest BCUT2D eigenvalue weighted by atomic mass is 10.0. The molecule has 0 aliphatic rings. The summed E-state index contributed by atoms with van der Waals surface area (Å²) in [6.45, 7) is -5.20. The highest BCUT2D eigenvalue weighted by Crippen LogP contribution is 2.34. The Hall–Kier alpha value is -3.76. The average molecular weight is 458 g/mol. The highest BCUT2D eigenvalue weighted by Gasteiger charge is 2.16. The minimum Gasteiger partial charge on any atom is -0.494 e. The number of ether oxygens (including phenoxy) is 1. The van der Waals surface area contributed by atoms with E-state index in [9.17, 15) is 14.4 Å². The van der Waals surface area contributed by atoms with Crippen LogP contribution in [0.25, 0.3) is 10.9 Å². The van der Waals surface area contributed by atoms with Crippen molar-refractivity contribution in [3.05, 3.63) is 71.0 Å². The van der Waals surface area contributed by atoms with Gasteiger partial charge >= 0.3 is 0 Å². The summed E-state index contributed by atoms with van der Waals surface area (Å²) in [6, 6.07) is -1.94. The Morgan fingerprint density at radius 1 is 1.42 bits per heavy atom. The van der Waals surface area contributed by atoms with Gasteiger partial charge in [0.25, 0.3) is 0 Å². The van der Waals surface area contributed by atoms with E-state index < -0.39 is 102 Å². The molecule has 0 spiro atoms. The van der Waals surface area contributed by atoms with Crippen molar-refractivity contribution >= 4 is 28.1 Å². The third-order valence-electron chi connectivity index (χ3n) is 4.38. The SMILES string of the molecule is [2H]c1nc2c([2H])c(OC([2H])([2H])C([2H])([2H])[2H])c(CC(=O)/C=C/CN(C)C)c([2H])c2c(Nc2c([2H])c([2H])c(F)c(C)c2[2H])c1C#N. The Morgan fingerprint density at radius 2 is 2.24 bits per heavy atom. The first-order valence-electron chi connectivity index (χ1n) is 15.2. The van der Waals surface area contributed by atoms with Crippen LogP contribution in [0.15, 0.2) is 48.5 Å². The number of hydrogen-bond donors (Lipinski definition) is 1. The van der Waals surface area contributed by atoms with E-state index >= 15 is 0 Å². The summed E-state index contributed by atoms with van der Waals surface area (Å²) in [5.74, 6) is -2.54. The summed E-state index contributed by atoms with van der Waals surface area (Å²) in [4.78, 5) is 18.6. The lowest BCUT2D eigenvalue weighted by molar-refractivity contribution is -0.114. The Kier molecular flexibility index (Phi) is 4.24. The summed E-state index contributed by atoms with van der Waals surface area (Å²) in [5, 5.41) is 12.1. The quantitative estimate of drug-likeness (QED) is 0.459. The number of rotatable bonds is 9. The van der Waals surface area contributed by atoms with E-state index in [1.54, 1.807) is 25.1 Å². The number of carbonyl (C=O) groups excluding carboxylic acids is 1. The zero-order chi connectivity index (χ0) is 33.5. The molecule has 33 heavy (non-hydrogen) atoms. The normalized spacial score (nSPS) is 16.8. The second-order valence-corrected chi connectivity index (χ2v) is 7.19. The van der Waals surface area contributed by atoms with Crippen LogP contribution in [-0.2, 0) is 11.2 Å². The van der Waals surface area contributed by atoms with E-state index in [1.807, 2.05) is 0 Å². The molecular formula is C26H27FN4O2. The topological polar surface area (TPSA) is 78.2 Å². The average Bonchev–Trinajstić information content (AvgIpc) is 2.92. The number of halogens is 1. The van der Waals surface area contributed by atoms with Gasteiger partial charge in [-0.1, -0.05) is 6.08 Å². The Bertz CT molecular complexity index is 1710. The number of benzene rings is 2. The van der Waals surface area contributed by atoms with Gasteiger partial charge in [0, 0.05) is 45.9 Å². The molecule has 170 valence electrons. The molecule has 0 unspecified atom stereocenters. The van der Waals surface area contributed by atoms with Crippen LogP contribution in [0.2, 0.25) is 0 Å². The highest BCUT2D eigenvalue weighted by molar-refractivity contribution is 5.98. The van der Waals surface area contributed by atoms with Crippen LogP contribution in [0.4, 0.5) is 15.8 Å². The summed E-state index contributed by atoms with van der Waals surface area (Å²) in [7, 11) is 3.50. The molecule has 0 bridgehead atoms. The van der Waals surface area contributed by atoms with Gasteiger partial charge in [-0.05, 0) is 63.7 Å². The van der Waals surface area contributed by atoms with Crippen LogP contribution in [0.5, 0.6) is 5.75 Å². The van der Waals surface area contributed by atoms with E-state index in [2.05, 4.69) is 10.3 Å². The molecule has 1 aromatic heterocycles. The van der Waals surface area contributed by atoms with Gasteiger partial charge < -0.3 is 15.0 Å². The van der Waals surface area contributed by atoms with Crippen molar-refractivity contribution in [1.29, 1.82) is 5.26 Å². The number of nitrogens with one attached hydrogen (secondary N) is 1. The monoisotopic (exact) mass is 457 g/mol. The number of allylic oxidation sites excluding steroid dienone is 1. The van der Waals surface area contributed by atoms with Gasteiger partial charge in [0.1, 0.15) is 17.6 Å². The number of nitrogens with zero attached hydrogens (tertiary/aromatic N) is 3. The molecule has 2 aromatic carbocycles. The molecule has 0 amide bonds. The smallest absolute Gasteiger partial charge is 0.159 e. The summed E-state index contributed by atoms with van der Waals surface area (Å²) >= 11 is 0. The van der Waals surface area contributed by atoms with Gasteiger partial charge in [-0.25, -0.2) is 4.39 Å². The molecule has 3 rings (SSSR count). The predicted molar refractivity (Wildman–Crippen MR) is 128 cm³/mol. The fourth-order valence-electron chi connectivity index (χ4n) is 2.84. The van der Waals surface area contributed by atoms with Crippen LogP contribution in [0, 0.1) is 24.1 Å². The summed E-state index contributed by atoms with van der Waals surface area (Å²) in [6.07, 6.45) is 1.25. The van der Waals surface area contributed by atoms with Crippen molar-refractivity contribution in [2.75, 3.05) is 32.5 Å². The number of ketones is 1. The molecule has 7 heteroatoms. The predicted octanol–water partition coefficient (Wildman–Crippen LogP) is 4.93. The number of carbonyl (C=O) groups is 1. The Balaban J connectivity index is 2.45. The maximum Gasteiger partial charge on any atom is 0.159 e. The molecular weight excluding hydrogens is 419 g/mol. The van der Waals surface area contributed by atoms with E-state index in [0.29, 0.717) is 6.54 Å². The van der Waals surface area contributed by atoms with Crippen molar-refractivity contribution in [3.63, 3.8) is 0 Å². The number of pyridine rings is 1. The van der Waals surface area contributed by atoms with Crippen molar-refractivity contribution in [2.24, 2.45) is 0 Å². The number of hydrogen-bond acceptors (Lipinski definition) is 6. The largest absolute Gasteiger partial charge is 0.494 e. The minimum atomic E-state index is -3.39. The number of fused-ring (bicyclic) bond motifs is 1. The maximum absolute atomic E-state index is 14.4. The first-order chi connectivity index (χ1) is 20.2. The molecule has 0 fully saturated rings. The molecule has 6 nitrogen and oxygen atoms in total. The molecule has 0 saturated carbocycles. The third-order valence-corrected chi connectivity index (χ3v) is 4.38. The maximum atomic E-state index is 14.4. The molecule has 1 heterocycles. The van der Waals surface area contributed by atoms with Gasteiger partial charge in [-0.3, -0.25) is 9.78 Å². The van der Waals surface area contributed by atoms with Crippen LogP contribution < -0.4 is 10.1 Å². The van der Waals surface area contributed by atoms with Crippen molar-refractivity contribution < 1.29 is 29.0 Å². The zero-order valence-corrected chi connectivity index (χ0v) is 18.1. The Labute approximate surface area is 208 Å². The first kappa shape index (κ1) is 13.1. The van der Waals surface area contributed by atoms with Crippen LogP contribution >= 0.6 is 0 Å². The molecule has 0 saturated heterocycles. The van der Waals surface area contributed by atoms with E-state index in [1.165, 1.54) is 19.1 Å². The fraction of sp³-hybridized carbons (Fsp3) is 0.269. The van der Waals surface area contributed by atoms with Gasteiger partial charge in [0.15, 0.2) is 5.78 Å². The zero-order valence-electron chi connectivity index (χ0n) is 29.1.